The van der Waals surface area contributed by atoms with Crippen molar-refractivity contribution < 1.29 is 20.1 Å². The van der Waals surface area contributed by atoms with Crippen LogP contribution in [0.4, 0.5) is 0 Å². The first kappa shape index (κ1) is 25.6. The van der Waals surface area contributed by atoms with Gasteiger partial charge in [-0.1, -0.05) is 36.4 Å². The molecular weight excluding hydrogens is 637 g/mol. The van der Waals surface area contributed by atoms with Gasteiger partial charge >= 0.3 is 0 Å². The maximum atomic E-state index is 4.70. The van der Waals surface area contributed by atoms with Gasteiger partial charge < -0.3 is 0 Å². The Hall–Kier alpha value is -4.45. The SMILES string of the molecule is [Ir].c1ccc(-c2cccc(-c3cccc(-c4ccccn4)n3)n2)nc1.c1ccc(-c2ccccn2)nc1. The molecule has 0 amide bonds. The van der Waals surface area contributed by atoms with E-state index in [0.29, 0.717) is 0 Å². The molecule has 0 bridgehead atoms. The maximum Gasteiger partial charge on any atom is 0.0894 e. The van der Waals surface area contributed by atoms with Crippen LogP contribution in [0.25, 0.3) is 45.6 Å². The number of aromatic nitrogens is 6. The third-order valence-corrected chi connectivity index (χ3v) is 5.21. The van der Waals surface area contributed by atoms with Crippen molar-refractivity contribution in [1.29, 1.82) is 0 Å². The Kier molecular flexibility index (Phi) is 9.02. The molecular formula is C30H22IrN6. The Labute approximate surface area is 229 Å². The summed E-state index contributed by atoms with van der Waals surface area (Å²) in [6.45, 7) is 0. The molecule has 0 saturated carbocycles. The first-order valence-electron chi connectivity index (χ1n) is 11.5. The summed E-state index contributed by atoms with van der Waals surface area (Å²) in [5, 5.41) is 0. The summed E-state index contributed by atoms with van der Waals surface area (Å²) >= 11 is 0. The molecule has 0 aliphatic carbocycles. The molecule has 1 radical (unpaired) electrons. The van der Waals surface area contributed by atoms with E-state index in [2.05, 4.69) is 19.9 Å². The molecule has 37 heavy (non-hydrogen) atoms. The minimum absolute atomic E-state index is 0. The Balaban J connectivity index is 0.000000208. The molecule has 0 fully saturated rings. The van der Waals surface area contributed by atoms with Gasteiger partial charge in [0.05, 0.1) is 45.6 Å². The molecule has 181 valence electrons. The molecule has 0 aromatic carbocycles. The van der Waals surface area contributed by atoms with Gasteiger partial charge in [0.1, 0.15) is 0 Å². The predicted octanol–water partition coefficient (Wildman–Crippen LogP) is 6.41. The van der Waals surface area contributed by atoms with E-state index < -0.39 is 0 Å². The van der Waals surface area contributed by atoms with Gasteiger partial charge in [0.25, 0.3) is 0 Å². The number of rotatable bonds is 4. The molecule has 0 aliphatic rings. The monoisotopic (exact) mass is 659 g/mol. The molecule has 7 heteroatoms. The molecule has 0 N–H and O–H groups in total. The zero-order valence-electron chi connectivity index (χ0n) is 19.7. The largest absolute Gasteiger partial charge is 0.255 e. The van der Waals surface area contributed by atoms with Crippen molar-refractivity contribution in [2.24, 2.45) is 0 Å². The van der Waals surface area contributed by atoms with Gasteiger partial charge in [-0.2, -0.15) is 0 Å². The van der Waals surface area contributed by atoms with Crippen LogP contribution in [0.2, 0.25) is 0 Å². The summed E-state index contributed by atoms with van der Waals surface area (Å²) < 4.78 is 0. The Morgan fingerprint density at radius 1 is 0.270 bits per heavy atom. The average Bonchev–Trinajstić information content (AvgIpc) is 2.99. The summed E-state index contributed by atoms with van der Waals surface area (Å²) in [5.41, 5.74) is 6.82. The van der Waals surface area contributed by atoms with Gasteiger partial charge in [-0.05, 0) is 72.8 Å². The summed E-state index contributed by atoms with van der Waals surface area (Å²) in [6.07, 6.45) is 7.07. The topological polar surface area (TPSA) is 77.3 Å². The predicted molar refractivity (Wildman–Crippen MR) is 141 cm³/mol. The molecule has 6 nitrogen and oxygen atoms in total. The van der Waals surface area contributed by atoms with Crippen LogP contribution < -0.4 is 0 Å². The second kappa shape index (κ2) is 13.0. The van der Waals surface area contributed by atoms with Gasteiger partial charge in [-0.25, -0.2) is 9.97 Å². The van der Waals surface area contributed by atoms with Gasteiger partial charge in [0.2, 0.25) is 0 Å². The van der Waals surface area contributed by atoms with E-state index in [4.69, 9.17) is 9.97 Å². The quantitative estimate of drug-likeness (QED) is 0.218. The van der Waals surface area contributed by atoms with Crippen LogP contribution in [-0.2, 0) is 20.1 Å². The second-order valence-electron chi connectivity index (χ2n) is 7.68. The Morgan fingerprint density at radius 3 is 0.784 bits per heavy atom. The van der Waals surface area contributed by atoms with Crippen molar-refractivity contribution in [2.45, 2.75) is 0 Å². The third-order valence-electron chi connectivity index (χ3n) is 5.21. The average molecular weight is 659 g/mol. The number of nitrogens with zero attached hydrogens (tertiary/aromatic N) is 6. The molecule has 6 rings (SSSR count). The van der Waals surface area contributed by atoms with E-state index >= 15 is 0 Å². The van der Waals surface area contributed by atoms with E-state index in [1.165, 1.54) is 0 Å². The summed E-state index contributed by atoms with van der Waals surface area (Å²) in [6, 6.07) is 35.0. The van der Waals surface area contributed by atoms with Crippen LogP contribution in [0.3, 0.4) is 0 Å². The molecule has 0 atom stereocenters. The zero-order valence-corrected chi connectivity index (χ0v) is 22.1. The van der Waals surface area contributed by atoms with E-state index in [1.807, 2.05) is 109 Å². The van der Waals surface area contributed by atoms with Crippen LogP contribution >= 0.6 is 0 Å². The van der Waals surface area contributed by atoms with E-state index in [9.17, 15) is 0 Å². The standard InChI is InChI=1S/C20H14N4.C10H8N2.Ir/c1-3-13-21-15(7-1)17-9-5-11-19(23-17)20-12-6-10-18(24-20)16-8-2-4-14-22-16;1-3-7-11-9(5-1)10-6-2-4-8-12-10;/h1-14H;1-8H;. The Bertz CT molecular complexity index is 1400. The fraction of sp³-hybridized carbons (Fsp3) is 0. The van der Waals surface area contributed by atoms with Crippen molar-refractivity contribution in [3.8, 4) is 45.6 Å². The van der Waals surface area contributed by atoms with Gasteiger partial charge in [-0.3, -0.25) is 19.9 Å². The molecule has 6 aromatic rings. The smallest absolute Gasteiger partial charge is 0.0894 e. The van der Waals surface area contributed by atoms with Crippen molar-refractivity contribution in [1.82, 2.24) is 29.9 Å². The number of hydrogen-bond donors (Lipinski definition) is 0. The van der Waals surface area contributed by atoms with Gasteiger partial charge in [0, 0.05) is 44.9 Å². The van der Waals surface area contributed by atoms with Crippen LogP contribution in [0.5, 0.6) is 0 Å². The molecule has 0 unspecified atom stereocenters. The first-order chi connectivity index (χ1) is 17.9. The van der Waals surface area contributed by atoms with Crippen molar-refractivity contribution >= 4 is 0 Å². The fourth-order valence-corrected chi connectivity index (χ4v) is 3.50. The van der Waals surface area contributed by atoms with Crippen LogP contribution in [0, 0.1) is 0 Å². The molecule has 0 spiro atoms. The van der Waals surface area contributed by atoms with Crippen molar-refractivity contribution in [3.05, 3.63) is 134 Å². The summed E-state index contributed by atoms with van der Waals surface area (Å²) in [4.78, 5) is 26.5. The van der Waals surface area contributed by atoms with Crippen LogP contribution in [0.15, 0.2) is 134 Å². The Morgan fingerprint density at radius 2 is 0.514 bits per heavy atom. The minimum atomic E-state index is 0. The van der Waals surface area contributed by atoms with Crippen LogP contribution in [0.1, 0.15) is 0 Å². The van der Waals surface area contributed by atoms with Crippen LogP contribution in [-0.4, -0.2) is 29.9 Å². The second-order valence-corrected chi connectivity index (χ2v) is 7.68. The van der Waals surface area contributed by atoms with Gasteiger partial charge in [-0.15, -0.1) is 0 Å². The minimum Gasteiger partial charge on any atom is -0.255 e. The first-order valence-corrected chi connectivity index (χ1v) is 11.5. The molecule has 0 aliphatic heterocycles. The zero-order chi connectivity index (χ0) is 24.4. The van der Waals surface area contributed by atoms with Crippen molar-refractivity contribution in [3.63, 3.8) is 0 Å². The van der Waals surface area contributed by atoms with Crippen molar-refractivity contribution in [2.75, 3.05) is 0 Å². The molecule has 6 aromatic heterocycles. The fourth-order valence-electron chi connectivity index (χ4n) is 3.50. The third kappa shape index (κ3) is 6.82. The van der Waals surface area contributed by atoms with E-state index in [-0.39, 0.29) is 20.1 Å². The summed E-state index contributed by atoms with van der Waals surface area (Å²) in [7, 11) is 0. The van der Waals surface area contributed by atoms with E-state index in [0.717, 1.165) is 45.6 Å². The molecule has 6 heterocycles. The molecule has 0 saturated heterocycles. The van der Waals surface area contributed by atoms with E-state index in [1.54, 1.807) is 24.8 Å². The summed E-state index contributed by atoms with van der Waals surface area (Å²) in [5.74, 6) is 0. The number of pyridine rings is 6. The maximum absolute atomic E-state index is 4.70. The number of hydrogen-bond acceptors (Lipinski definition) is 6. The normalized spacial score (nSPS) is 9.95. The van der Waals surface area contributed by atoms with Gasteiger partial charge in [0.15, 0.2) is 0 Å².